The first-order valence-electron chi connectivity index (χ1n) is 5.68. The van der Waals surface area contributed by atoms with Crippen LogP contribution >= 0.6 is 0 Å². The topological polar surface area (TPSA) is 34.9 Å². The molecular formula is C12H20N2O. The number of carbonyl (C=O) groups excluding carboxylic acids is 1. The van der Waals surface area contributed by atoms with E-state index in [0.29, 0.717) is 0 Å². The van der Waals surface area contributed by atoms with Crippen molar-refractivity contribution in [2.75, 3.05) is 0 Å². The first-order chi connectivity index (χ1) is 7.10. The van der Waals surface area contributed by atoms with Gasteiger partial charge in [-0.1, -0.05) is 20.3 Å². The highest BCUT2D eigenvalue weighted by Crippen LogP contribution is 2.14. The SMILES string of the molecule is CCCC(C)C(=O)c1cc(C)nn1CC. The standard InChI is InChI=1S/C12H20N2O/c1-5-7-9(3)12(15)11-8-10(4)13-14(11)6-2/h8-9H,5-7H2,1-4H3. The quantitative estimate of drug-likeness (QED) is 0.697. The predicted octanol–water partition coefficient (Wildman–Crippen LogP) is 2.83. The Morgan fingerprint density at radius 1 is 1.53 bits per heavy atom. The van der Waals surface area contributed by atoms with Crippen LogP contribution in [-0.2, 0) is 6.54 Å². The van der Waals surface area contributed by atoms with Crippen LogP contribution in [0.1, 0.15) is 49.8 Å². The molecule has 0 fully saturated rings. The molecule has 1 heterocycles. The van der Waals surface area contributed by atoms with Crippen molar-refractivity contribution in [3.05, 3.63) is 17.5 Å². The fraction of sp³-hybridized carbons (Fsp3) is 0.667. The molecule has 0 aliphatic rings. The molecular weight excluding hydrogens is 188 g/mol. The van der Waals surface area contributed by atoms with E-state index < -0.39 is 0 Å². The van der Waals surface area contributed by atoms with Crippen molar-refractivity contribution in [2.45, 2.75) is 47.1 Å². The zero-order valence-corrected chi connectivity index (χ0v) is 10.1. The average molecular weight is 208 g/mol. The minimum absolute atomic E-state index is 0.108. The van der Waals surface area contributed by atoms with E-state index in [-0.39, 0.29) is 11.7 Å². The zero-order valence-electron chi connectivity index (χ0n) is 10.1. The summed E-state index contributed by atoms with van der Waals surface area (Å²) in [5, 5.41) is 4.29. The Balaban J connectivity index is 2.89. The van der Waals surface area contributed by atoms with Crippen LogP contribution in [0.25, 0.3) is 0 Å². The van der Waals surface area contributed by atoms with Gasteiger partial charge in [-0.05, 0) is 26.3 Å². The molecule has 0 saturated carbocycles. The van der Waals surface area contributed by atoms with Crippen molar-refractivity contribution in [3.8, 4) is 0 Å². The number of nitrogens with zero attached hydrogens (tertiary/aromatic N) is 2. The normalized spacial score (nSPS) is 12.8. The summed E-state index contributed by atoms with van der Waals surface area (Å²) in [6.45, 7) is 8.79. The van der Waals surface area contributed by atoms with Gasteiger partial charge in [-0.3, -0.25) is 9.48 Å². The Labute approximate surface area is 91.5 Å². The molecule has 0 radical (unpaired) electrons. The number of carbonyl (C=O) groups is 1. The molecule has 15 heavy (non-hydrogen) atoms. The van der Waals surface area contributed by atoms with Crippen LogP contribution in [0.15, 0.2) is 6.07 Å². The van der Waals surface area contributed by atoms with Crippen molar-refractivity contribution >= 4 is 5.78 Å². The Morgan fingerprint density at radius 2 is 2.20 bits per heavy atom. The lowest BCUT2D eigenvalue weighted by Crippen LogP contribution is -2.16. The number of hydrogen-bond acceptors (Lipinski definition) is 2. The molecule has 3 heteroatoms. The highest BCUT2D eigenvalue weighted by Gasteiger charge is 2.18. The van der Waals surface area contributed by atoms with E-state index in [2.05, 4.69) is 12.0 Å². The van der Waals surface area contributed by atoms with E-state index in [0.717, 1.165) is 30.8 Å². The number of rotatable bonds is 5. The van der Waals surface area contributed by atoms with Gasteiger partial charge in [0.05, 0.1) is 5.69 Å². The summed E-state index contributed by atoms with van der Waals surface area (Å²) in [5.74, 6) is 0.329. The lowest BCUT2D eigenvalue weighted by Gasteiger charge is -2.09. The second-order valence-electron chi connectivity index (χ2n) is 4.04. The Morgan fingerprint density at radius 3 is 2.73 bits per heavy atom. The molecule has 0 N–H and O–H groups in total. The molecule has 0 amide bonds. The van der Waals surface area contributed by atoms with Crippen LogP contribution in [-0.4, -0.2) is 15.6 Å². The molecule has 1 atom stereocenters. The smallest absolute Gasteiger partial charge is 0.183 e. The average Bonchev–Trinajstić information content (AvgIpc) is 2.58. The number of aromatic nitrogens is 2. The van der Waals surface area contributed by atoms with Gasteiger partial charge in [-0.2, -0.15) is 5.10 Å². The van der Waals surface area contributed by atoms with Gasteiger partial charge in [0.15, 0.2) is 5.78 Å². The number of ketones is 1. The largest absolute Gasteiger partial charge is 0.292 e. The van der Waals surface area contributed by atoms with Gasteiger partial charge in [0.1, 0.15) is 5.69 Å². The van der Waals surface area contributed by atoms with Crippen LogP contribution < -0.4 is 0 Å². The third-order valence-corrected chi connectivity index (χ3v) is 2.62. The van der Waals surface area contributed by atoms with Crippen LogP contribution in [0.5, 0.6) is 0 Å². The maximum Gasteiger partial charge on any atom is 0.183 e. The lowest BCUT2D eigenvalue weighted by atomic mass is 9.98. The Bertz CT molecular complexity index is 341. The molecule has 1 aromatic heterocycles. The van der Waals surface area contributed by atoms with Gasteiger partial charge in [0.2, 0.25) is 0 Å². The van der Waals surface area contributed by atoms with E-state index in [4.69, 9.17) is 0 Å². The van der Waals surface area contributed by atoms with Gasteiger partial charge >= 0.3 is 0 Å². The first-order valence-corrected chi connectivity index (χ1v) is 5.68. The zero-order chi connectivity index (χ0) is 11.4. The molecule has 1 rings (SSSR count). The van der Waals surface area contributed by atoms with Gasteiger partial charge in [-0.15, -0.1) is 0 Å². The van der Waals surface area contributed by atoms with Crippen LogP contribution in [0.4, 0.5) is 0 Å². The van der Waals surface area contributed by atoms with E-state index in [1.54, 1.807) is 4.68 Å². The molecule has 84 valence electrons. The number of aryl methyl sites for hydroxylation is 2. The molecule has 0 aliphatic heterocycles. The molecule has 0 bridgehead atoms. The fourth-order valence-corrected chi connectivity index (χ4v) is 1.80. The van der Waals surface area contributed by atoms with E-state index >= 15 is 0 Å². The molecule has 0 saturated heterocycles. The summed E-state index contributed by atoms with van der Waals surface area (Å²) in [6, 6.07) is 1.89. The fourth-order valence-electron chi connectivity index (χ4n) is 1.80. The molecule has 1 unspecified atom stereocenters. The maximum absolute atomic E-state index is 12.1. The summed E-state index contributed by atoms with van der Waals surface area (Å²) >= 11 is 0. The van der Waals surface area contributed by atoms with Gasteiger partial charge in [0.25, 0.3) is 0 Å². The van der Waals surface area contributed by atoms with E-state index in [9.17, 15) is 4.79 Å². The number of hydrogen-bond donors (Lipinski definition) is 0. The highest BCUT2D eigenvalue weighted by molar-refractivity contribution is 5.96. The summed E-state index contributed by atoms with van der Waals surface area (Å²) in [7, 11) is 0. The molecule has 0 aliphatic carbocycles. The Kier molecular flexibility index (Phi) is 4.06. The van der Waals surface area contributed by atoms with Gasteiger partial charge in [-0.25, -0.2) is 0 Å². The van der Waals surface area contributed by atoms with Crippen molar-refractivity contribution in [3.63, 3.8) is 0 Å². The van der Waals surface area contributed by atoms with Gasteiger partial charge in [0, 0.05) is 12.5 Å². The summed E-state index contributed by atoms with van der Waals surface area (Å²) < 4.78 is 1.80. The molecule has 0 spiro atoms. The second kappa shape index (κ2) is 5.10. The highest BCUT2D eigenvalue weighted by atomic mass is 16.1. The maximum atomic E-state index is 12.1. The van der Waals surface area contributed by atoms with Crippen molar-refractivity contribution < 1.29 is 4.79 Å². The van der Waals surface area contributed by atoms with Crippen molar-refractivity contribution in [1.29, 1.82) is 0 Å². The second-order valence-corrected chi connectivity index (χ2v) is 4.04. The molecule has 3 nitrogen and oxygen atoms in total. The van der Waals surface area contributed by atoms with Crippen LogP contribution in [0, 0.1) is 12.8 Å². The third-order valence-electron chi connectivity index (χ3n) is 2.62. The monoisotopic (exact) mass is 208 g/mol. The molecule has 0 aromatic carbocycles. The summed E-state index contributed by atoms with van der Waals surface area (Å²) in [4.78, 5) is 12.1. The third kappa shape index (κ3) is 2.67. The van der Waals surface area contributed by atoms with Crippen LogP contribution in [0.3, 0.4) is 0 Å². The Hall–Kier alpha value is -1.12. The lowest BCUT2D eigenvalue weighted by molar-refractivity contribution is 0.0912. The summed E-state index contributed by atoms with van der Waals surface area (Å²) in [6.07, 6.45) is 2.00. The van der Waals surface area contributed by atoms with Crippen molar-refractivity contribution in [1.82, 2.24) is 9.78 Å². The predicted molar refractivity (Wildman–Crippen MR) is 61.0 cm³/mol. The summed E-state index contributed by atoms with van der Waals surface area (Å²) in [5.41, 5.74) is 1.68. The molecule has 1 aromatic rings. The van der Waals surface area contributed by atoms with Crippen LogP contribution in [0.2, 0.25) is 0 Å². The number of Topliss-reactive ketones (excluding diaryl/α,β-unsaturated/α-hetero) is 1. The minimum Gasteiger partial charge on any atom is -0.292 e. The van der Waals surface area contributed by atoms with Crippen molar-refractivity contribution in [2.24, 2.45) is 5.92 Å². The van der Waals surface area contributed by atoms with E-state index in [1.165, 1.54) is 0 Å². The van der Waals surface area contributed by atoms with Gasteiger partial charge < -0.3 is 0 Å². The minimum atomic E-state index is 0.108. The first kappa shape index (κ1) is 12.0. The van der Waals surface area contributed by atoms with E-state index in [1.807, 2.05) is 26.8 Å².